The molecule has 0 aromatic rings. The van der Waals surface area contributed by atoms with E-state index in [4.69, 9.17) is 16.3 Å². The zero-order valence-electron chi connectivity index (χ0n) is 7.18. The average Bonchev–Trinajstić information content (AvgIpc) is 2.67. The monoisotopic (exact) mass is 215 g/mol. The molecule has 14 heavy (non-hydrogen) atoms. The number of hydrogen-bond donors (Lipinski definition) is 0. The molecule has 1 heterocycles. The average molecular weight is 216 g/mol. The van der Waals surface area contributed by atoms with Crippen LogP contribution in [0.1, 0.15) is 6.42 Å². The Hall–Kier alpha value is -0.770. The molecule has 4 nitrogen and oxygen atoms in total. The lowest BCUT2D eigenvalue weighted by atomic mass is 9.80. The molecular weight excluding hydrogens is 208 g/mol. The number of halogens is 1. The molecule has 0 unspecified atom stereocenters. The van der Waals surface area contributed by atoms with Crippen molar-refractivity contribution in [1.82, 2.24) is 0 Å². The van der Waals surface area contributed by atoms with Gasteiger partial charge in [-0.15, -0.1) is 11.6 Å². The van der Waals surface area contributed by atoms with Gasteiger partial charge >= 0.3 is 5.97 Å². The number of ether oxygens (including phenoxy) is 1. The van der Waals surface area contributed by atoms with Crippen molar-refractivity contribution in [3.05, 3.63) is 0 Å². The van der Waals surface area contributed by atoms with E-state index in [9.17, 15) is 14.7 Å². The van der Waals surface area contributed by atoms with Crippen LogP contribution in [-0.4, -0.2) is 23.4 Å². The summed E-state index contributed by atoms with van der Waals surface area (Å²) in [7, 11) is 0. The van der Waals surface area contributed by atoms with Gasteiger partial charge in [0.05, 0.1) is 11.3 Å². The first-order valence-corrected chi connectivity index (χ1v) is 5.10. The van der Waals surface area contributed by atoms with Crippen molar-refractivity contribution in [2.45, 2.75) is 17.9 Å². The molecule has 1 saturated heterocycles. The summed E-state index contributed by atoms with van der Waals surface area (Å²) in [5, 5.41) is 10.6. The van der Waals surface area contributed by atoms with E-state index in [1.807, 2.05) is 0 Å². The van der Waals surface area contributed by atoms with E-state index in [1.54, 1.807) is 0 Å². The van der Waals surface area contributed by atoms with Gasteiger partial charge < -0.3 is 14.6 Å². The smallest absolute Gasteiger partial charge is 0.310 e. The standard InChI is InChI=1S/C9H9ClO4/c10-6-2-1-3-5(4(2)8(11)12)9(13)14-7(3)6/h2-7H,1H2,(H,11,12)/p-1/t2-,3+,4+,5-,6-,7+/m0/s1. The number of alkyl halides is 1. The van der Waals surface area contributed by atoms with Gasteiger partial charge in [-0.1, -0.05) is 0 Å². The molecule has 6 atom stereocenters. The lowest BCUT2D eigenvalue weighted by Gasteiger charge is -2.28. The summed E-state index contributed by atoms with van der Waals surface area (Å²) in [5.41, 5.74) is 0. The van der Waals surface area contributed by atoms with Crippen LogP contribution in [0.2, 0.25) is 0 Å². The number of carboxylic acids is 1. The summed E-state index contributed by atoms with van der Waals surface area (Å²) in [6, 6.07) is 0. The number of carbonyl (C=O) groups excluding carboxylic acids is 2. The van der Waals surface area contributed by atoms with Crippen LogP contribution in [0.25, 0.3) is 0 Å². The van der Waals surface area contributed by atoms with Crippen molar-refractivity contribution in [1.29, 1.82) is 0 Å². The lowest BCUT2D eigenvalue weighted by molar-refractivity contribution is -0.314. The molecule has 2 bridgehead atoms. The summed E-state index contributed by atoms with van der Waals surface area (Å²) < 4.78 is 5.07. The molecule has 0 spiro atoms. The molecule has 2 saturated carbocycles. The molecule has 0 aromatic carbocycles. The highest BCUT2D eigenvalue weighted by Crippen LogP contribution is 2.59. The third-order valence-corrected chi connectivity index (χ3v) is 4.37. The fourth-order valence-corrected chi connectivity index (χ4v) is 3.79. The van der Waals surface area contributed by atoms with Gasteiger partial charge in [0, 0.05) is 17.8 Å². The highest BCUT2D eigenvalue weighted by Gasteiger charge is 2.66. The first-order chi connectivity index (χ1) is 6.61. The van der Waals surface area contributed by atoms with Crippen LogP contribution in [0.5, 0.6) is 0 Å². The number of carboxylic acid groups (broad SMARTS) is 1. The molecule has 3 fully saturated rings. The van der Waals surface area contributed by atoms with Crippen molar-refractivity contribution >= 4 is 23.5 Å². The van der Waals surface area contributed by atoms with Crippen molar-refractivity contribution in [2.75, 3.05) is 0 Å². The van der Waals surface area contributed by atoms with Gasteiger partial charge in [0.25, 0.3) is 0 Å². The van der Waals surface area contributed by atoms with Crippen LogP contribution >= 0.6 is 11.6 Å². The largest absolute Gasteiger partial charge is 0.550 e. The van der Waals surface area contributed by atoms with Crippen LogP contribution in [0.4, 0.5) is 0 Å². The van der Waals surface area contributed by atoms with Crippen molar-refractivity contribution in [3.8, 4) is 0 Å². The SMILES string of the molecule is O=C([O-])[C@@H]1[C@@H]2C[C@H]3[C@@H](OC(=O)[C@@H]31)[C@H]2Cl. The second kappa shape index (κ2) is 2.42. The van der Waals surface area contributed by atoms with Gasteiger partial charge in [-0.2, -0.15) is 0 Å². The Morgan fingerprint density at radius 3 is 2.86 bits per heavy atom. The zero-order valence-corrected chi connectivity index (χ0v) is 7.94. The van der Waals surface area contributed by atoms with Crippen LogP contribution < -0.4 is 5.11 Å². The number of hydrogen-bond acceptors (Lipinski definition) is 4. The summed E-state index contributed by atoms with van der Waals surface area (Å²) in [4.78, 5) is 22.3. The molecule has 0 N–H and O–H groups in total. The third kappa shape index (κ3) is 0.764. The Morgan fingerprint density at radius 2 is 2.21 bits per heavy atom. The number of esters is 1. The summed E-state index contributed by atoms with van der Waals surface area (Å²) in [5.74, 6) is -2.92. The summed E-state index contributed by atoms with van der Waals surface area (Å²) >= 11 is 6.04. The van der Waals surface area contributed by atoms with Gasteiger partial charge in [-0.25, -0.2) is 0 Å². The van der Waals surface area contributed by atoms with E-state index < -0.39 is 23.8 Å². The minimum Gasteiger partial charge on any atom is -0.550 e. The fourth-order valence-electron chi connectivity index (χ4n) is 3.29. The first kappa shape index (κ1) is 8.53. The van der Waals surface area contributed by atoms with Gasteiger partial charge in [0.2, 0.25) is 0 Å². The highest BCUT2D eigenvalue weighted by atomic mass is 35.5. The van der Waals surface area contributed by atoms with Gasteiger partial charge in [0.1, 0.15) is 6.10 Å². The molecule has 1 aliphatic heterocycles. The minimum atomic E-state index is -1.16. The van der Waals surface area contributed by atoms with Crippen LogP contribution in [0.15, 0.2) is 0 Å². The molecule has 76 valence electrons. The highest BCUT2D eigenvalue weighted by molar-refractivity contribution is 6.22. The van der Waals surface area contributed by atoms with Gasteiger partial charge in [-0.3, -0.25) is 4.79 Å². The van der Waals surface area contributed by atoms with E-state index >= 15 is 0 Å². The predicted octanol–water partition coefficient (Wildman–Crippen LogP) is -0.849. The molecule has 3 rings (SSSR count). The maximum absolute atomic E-state index is 11.4. The van der Waals surface area contributed by atoms with E-state index in [2.05, 4.69) is 0 Å². The number of aliphatic carboxylic acids is 1. The quantitative estimate of drug-likeness (QED) is 0.422. The second-order valence-corrected chi connectivity index (χ2v) is 4.78. The van der Waals surface area contributed by atoms with Crippen molar-refractivity contribution < 1.29 is 19.4 Å². The predicted molar refractivity (Wildman–Crippen MR) is 43.1 cm³/mol. The molecule has 0 amide bonds. The van der Waals surface area contributed by atoms with E-state index in [-0.39, 0.29) is 23.3 Å². The van der Waals surface area contributed by atoms with E-state index in [0.29, 0.717) is 6.42 Å². The Labute approximate surface area is 85.2 Å². The van der Waals surface area contributed by atoms with Crippen LogP contribution in [0, 0.1) is 23.7 Å². The Bertz CT molecular complexity index is 329. The number of fused-ring (bicyclic) bond motifs is 1. The third-order valence-electron chi connectivity index (χ3n) is 3.80. The van der Waals surface area contributed by atoms with Gasteiger partial charge in [0.15, 0.2) is 0 Å². The number of carbonyl (C=O) groups is 2. The second-order valence-electron chi connectivity index (χ2n) is 4.28. The molecule has 3 aliphatic rings. The van der Waals surface area contributed by atoms with Crippen LogP contribution in [0.3, 0.4) is 0 Å². The summed E-state index contributed by atoms with van der Waals surface area (Å²) in [6.07, 6.45) is 0.434. The maximum atomic E-state index is 11.4. The molecule has 5 heteroatoms. The Morgan fingerprint density at radius 1 is 1.50 bits per heavy atom. The lowest BCUT2D eigenvalue weighted by Crippen LogP contribution is -2.44. The fraction of sp³-hybridized carbons (Fsp3) is 0.778. The normalized spacial score (nSPS) is 53.6. The summed E-state index contributed by atoms with van der Waals surface area (Å²) in [6.45, 7) is 0. The molecular formula is C9H8ClO4-. The maximum Gasteiger partial charge on any atom is 0.310 e. The molecule has 0 aromatic heterocycles. The number of rotatable bonds is 1. The van der Waals surface area contributed by atoms with E-state index in [1.165, 1.54) is 0 Å². The van der Waals surface area contributed by atoms with Crippen molar-refractivity contribution in [2.24, 2.45) is 23.7 Å². The topological polar surface area (TPSA) is 66.4 Å². The van der Waals surface area contributed by atoms with Crippen molar-refractivity contribution in [3.63, 3.8) is 0 Å². The van der Waals surface area contributed by atoms with E-state index in [0.717, 1.165) is 0 Å². The zero-order chi connectivity index (χ0) is 10.0. The first-order valence-electron chi connectivity index (χ1n) is 4.66. The molecule has 0 radical (unpaired) electrons. The Kier molecular flexibility index (Phi) is 1.48. The molecule has 2 aliphatic carbocycles. The Balaban J connectivity index is 2.04. The minimum absolute atomic E-state index is 0.0119. The van der Waals surface area contributed by atoms with Crippen LogP contribution in [-0.2, 0) is 14.3 Å². The van der Waals surface area contributed by atoms with Gasteiger partial charge in [-0.05, 0) is 12.3 Å².